The smallest absolute Gasteiger partial charge is 0.189 e. The third kappa shape index (κ3) is 4.42. The van der Waals surface area contributed by atoms with Crippen molar-refractivity contribution in [2.24, 2.45) is 16.6 Å². The summed E-state index contributed by atoms with van der Waals surface area (Å²) >= 11 is 0. The maximum Gasteiger partial charge on any atom is 0.189 e. The highest BCUT2D eigenvalue weighted by Crippen LogP contribution is 2.20. The molecule has 1 aliphatic rings. The zero-order valence-electron chi connectivity index (χ0n) is 11.0. The molecule has 1 atom stereocenters. The van der Waals surface area contributed by atoms with E-state index in [1.807, 2.05) is 0 Å². The van der Waals surface area contributed by atoms with Crippen LogP contribution >= 0.6 is 0 Å². The van der Waals surface area contributed by atoms with Crippen molar-refractivity contribution >= 4 is 5.96 Å². The van der Waals surface area contributed by atoms with Crippen LogP contribution in [0, 0.1) is 5.92 Å². The van der Waals surface area contributed by atoms with Crippen molar-refractivity contribution in [3.8, 4) is 0 Å². The van der Waals surface area contributed by atoms with Crippen LogP contribution in [0.25, 0.3) is 0 Å². The summed E-state index contributed by atoms with van der Waals surface area (Å²) < 4.78 is 0. The zero-order chi connectivity index (χ0) is 12.0. The minimum atomic E-state index is 0.451. The summed E-state index contributed by atoms with van der Waals surface area (Å²) in [5, 5.41) is 3.34. The van der Waals surface area contributed by atoms with Gasteiger partial charge in [0.25, 0.3) is 0 Å². The summed E-state index contributed by atoms with van der Waals surface area (Å²) in [4.78, 5) is 4.59. The van der Waals surface area contributed by atoms with Crippen LogP contribution in [0.5, 0.6) is 0 Å². The molecule has 0 radical (unpaired) electrons. The fraction of sp³-hybridized carbons (Fsp3) is 0.923. The summed E-state index contributed by atoms with van der Waals surface area (Å²) in [5.74, 6) is 1.25. The van der Waals surface area contributed by atoms with E-state index in [1.54, 1.807) is 0 Å². The van der Waals surface area contributed by atoms with E-state index in [0.29, 0.717) is 24.0 Å². The van der Waals surface area contributed by atoms with Crippen LogP contribution in [0.3, 0.4) is 0 Å². The van der Waals surface area contributed by atoms with Crippen LogP contribution in [-0.2, 0) is 0 Å². The molecule has 1 unspecified atom stereocenters. The number of hydrogen-bond donors (Lipinski definition) is 2. The number of guanidine groups is 1. The van der Waals surface area contributed by atoms with Crippen LogP contribution in [0.2, 0.25) is 0 Å². The van der Waals surface area contributed by atoms with Gasteiger partial charge in [-0.15, -0.1) is 0 Å². The molecule has 1 fully saturated rings. The lowest BCUT2D eigenvalue weighted by Crippen LogP contribution is -2.43. The molecule has 1 rings (SSSR count). The molecule has 3 nitrogen and oxygen atoms in total. The first-order valence-electron chi connectivity index (χ1n) is 6.73. The van der Waals surface area contributed by atoms with E-state index in [1.165, 1.54) is 32.1 Å². The summed E-state index contributed by atoms with van der Waals surface area (Å²) in [6, 6.07) is 0.915. The minimum absolute atomic E-state index is 0.451. The Morgan fingerprint density at radius 3 is 2.44 bits per heavy atom. The molecule has 3 heteroatoms. The molecule has 0 heterocycles. The second-order valence-corrected chi connectivity index (χ2v) is 5.21. The Bertz CT molecular complexity index is 217. The van der Waals surface area contributed by atoms with Crippen molar-refractivity contribution in [2.45, 2.75) is 71.4 Å². The van der Waals surface area contributed by atoms with Gasteiger partial charge in [-0.05, 0) is 25.2 Å². The first kappa shape index (κ1) is 13.3. The lowest BCUT2D eigenvalue weighted by atomic mass is 9.96. The number of hydrogen-bond acceptors (Lipinski definition) is 1. The van der Waals surface area contributed by atoms with E-state index in [-0.39, 0.29) is 0 Å². The molecule has 16 heavy (non-hydrogen) atoms. The van der Waals surface area contributed by atoms with Gasteiger partial charge in [0.05, 0.1) is 6.04 Å². The van der Waals surface area contributed by atoms with Gasteiger partial charge in [0, 0.05) is 6.04 Å². The highest BCUT2D eigenvalue weighted by atomic mass is 15.1. The zero-order valence-corrected chi connectivity index (χ0v) is 11.0. The van der Waals surface area contributed by atoms with Crippen molar-refractivity contribution in [2.75, 3.05) is 0 Å². The number of nitrogens with one attached hydrogen (secondary N) is 1. The van der Waals surface area contributed by atoms with E-state index in [0.717, 1.165) is 6.42 Å². The maximum atomic E-state index is 5.96. The quantitative estimate of drug-likeness (QED) is 0.571. The summed E-state index contributed by atoms with van der Waals surface area (Å²) in [7, 11) is 0. The maximum absolute atomic E-state index is 5.96. The van der Waals surface area contributed by atoms with Gasteiger partial charge in [0.1, 0.15) is 0 Å². The van der Waals surface area contributed by atoms with Gasteiger partial charge in [0.2, 0.25) is 0 Å². The average Bonchev–Trinajstić information content (AvgIpc) is 2.27. The van der Waals surface area contributed by atoms with E-state index >= 15 is 0 Å². The predicted octanol–water partition coefficient (Wildman–Crippen LogP) is 2.66. The number of nitrogens with two attached hydrogens (primary N) is 1. The van der Waals surface area contributed by atoms with E-state index in [4.69, 9.17) is 5.73 Å². The standard InChI is InChI=1S/C13H27N3/c1-4-12(10(2)3)16-13(14)15-11-8-6-5-7-9-11/h10-12H,4-9H2,1-3H3,(H3,14,15,16). The van der Waals surface area contributed by atoms with Gasteiger partial charge in [-0.2, -0.15) is 0 Å². The van der Waals surface area contributed by atoms with Gasteiger partial charge in [-0.3, -0.25) is 4.99 Å². The van der Waals surface area contributed by atoms with Crippen LogP contribution < -0.4 is 11.1 Å². The lowest BCUT2D eigenvalue weighted by molar-refractivity contribution is 0.426. The predicted molar refractivity (Wildman–Crippen MR) is 70.5 cm³/mol. The second kappa shape index (κ2) is 6.77. The Kier molecular flexibility index (Phi) is 5.64. The van der Waals surface area contributed by atoms with Gasteiger partial charge in [-0.25, -0.2) is 0 Å². The highest BCUT2D eigenvalue weighted by molar-refractivity contribution is 5.78. The number of nitrogens with zero attached hydrogens (tertiary/aromatic N) is 1. The largest absolute Gasteiger partial charge is 0.370 e. The first-order chi connectivity index (χ1) is 7.63. The summed E-state index contributed by atoms with van der Waals surface area (Å²) in [6.45, 7) is 6.62. The van der Waals surface area contributed by atoms with E-state index in [2.05, 4.69) is 31.1 Å². The molecule has 0 aromatic rings. The normalized spacial score (nSPS) is 21.1. The average molecular weight is 225 g/mol. The highest BCUT2D eigenvalue weighted by Gasteiger charge is 2.14. The number of aliphatic imine (C=N–C) groups is 1. The Morgan fingerprint density at radius 2 is 1.94 bits per heavy atom. The fourth-order valence-electron chi connectivity index (χ4n) is 2.37. The molecule has 0 aliphatic heterocycles. The van der Waals surface area contributed by atoms with Crippen molar-refractivity contribution in [1.82, 2.24) is 5.32 Å². The summed E-state index contributed by atoms with van der Waals surface area (Å²) in [6.07, 6.45) is 7.49. The Labute approximate surface area is 99.9 Å². The molecule has 0 amide bonds. The van der Waals surface area contributed by atoms with Gasteiger partial charge in [-0.1, -0.05) is 40.0 Å². The van der Waals surface area contributed by atoms with Crippen LogP contribution in [0.1, 0.15) is 59.3 Å². The molecule has 0 aromatic carbocycles. The molecular formula is C13H27N3. The topological polar surface area (TPSA) is 50.4 Å². The lowest BCUT2D eigenvalue weighted by Gasteiger charge is -2.23. The van der Waals surface area contributed by atoms with E-state index < -0.39 is 0 Å². The molecule has 0 aromatic heterocycles. The Balaban J connectivity index is 2.42. The van der Waals surface area contributed by atoms with Crippen LogP contribution in [-0.4, -0.2) is 18.0 Å². The molecular weight excluding hydrogens is 198 g/mol. The van der Waals surface area contributed by atoms with Gasteiger partial charge < -0.3 is 11.1 Å². The van der Waals surface area contributed by atoms with Crippen molar-refractivity contribution in [1.29, 1.82) is 0 Å². The van der Waals surface area contributed by atoms with Crippen LogP contribution in [0.4, 0.5) is 0 Å². The third-order valence-corrected chi connectivity index (χ3v) is 3.47. The molecule has 3 N–H and O–H groups in total. The van der Waals surface area contributed by atoms with Crippen LogP contribution in [0.15, 0.2) is 4.99 Å². The van der Waals surface area contributed by atoms with Gasteiger partial charge >= 0.3 is 0 Å². The van der Waals surface area contributed by atoms with Crippen molar-refractivity contribution in [3.05, 3.63) is 0 Å². The number of rotatable bonds is 4. The monoisotopic (exact) mass is 225 g/mol. The minimum Gasteiger partial charge on any atom is -0.370 e. The van der Waals surface area contributed by atoms with Crippen molar-refractivity contribution in [3.63, 3.8) is 0 Å². The molecule has 1 aliphatic carbocycles. The molecule has 0 saturated heterocycles. The van der Waals surface area contributed by atoms with Gasteiger partial charge in [0.15, 0.2) is 5.96 Å². The molecule has 94 valence electrons. The van der Waals surface area contributed by atoms with E-state index in [9.17, 15) is 0 Å². The fourth-order valence-corrected chi connectivity index (χ4v) is 2.37. The summed E-state index contributed by atoms with van der Waals surface area (Å²) in [5.41, 5.74) is 5.96. The first-order valence-corrected chi connectivity index (χ1v) is 6.73. The second-order valence-electron chi connectivity index (χ2n) is 5.21. The van der Waals surface area contributed by atoms with Crippen molar-refractivity contribution < 1.29 is 0 Å². The molecule has 1 saturated carbocycles. The Morgan fingerprint density at radius 1 is 1.31 bits per heavy atom. The SMILES string of the molecule is CCC(NC(N)=NC1CCCCC1)C(C)C. The Hall–Kier alpha value is -0.730. The molecule has 0 bridgehead atoms. The molecule has 0 spiro atoms. The third-order valence-electron chi connectivity index (χ3n) is 3.47.